The maximum Gasteiger partial charge on any atom is 0.125 e. The zero-order chi connectivity index (χ0) is 6.85. The van der Waals surface area contributed by atoms with Gasteiger partial charge in [0.15, 0.2) is 0 Å². The summed E-state index contributed by atoms with van der Waals surface area (Å²) in [6.07, 6.45) is 0. The highest BCUT2D eigenvalue weighted by Crippen LogP contribution is 2.16. The van der Waals surface area contributed by atoms with E-state index < -0.39 is 0 Å². The zero-order valence-corrected chi connectivity index (χ0v) is 6.75. The van der Waals surface area contributed by atoms with Gasteiger partial charge in [0.1, 0.15) is 5.82 Å². The van der Waals surface area contributed by atoms with Gasteiger partial charge in [-0.1, -0.05) is 0 Å². The lowest BCUT2D eigenvalue weighted by Gasteiger charge is -1.95. The van der Waals surface area contributed by atoms with Gasteiger partial charge in [-0.15, -0.1) is 25.0 Å². The maximum atomic E-state index is 12.2. The van der Waals surface area contributed by atoms with Crippen LogP contribution in [0, 0.1) is 5.82 Å². The molecule has 1 aromatic rings. The minimum absolute atomic E-state index is 0. The smallest absolute Gasteiger partial charge is 0.125 e. The van der Waals surface area contributed by atoms with Gasteiger partial charge in [0.05, 0.1) is 0 Å². The third-order valence-electron chi connectivity index (χ3n) is 0.990. The third-order valence-corrected chi connectivity index (χ3v) is 1.40. The van der Waals surface area contributed by atoms with Crippen LogP contribution in [0.3, 0.4) is 0 Å². The van der Waals surface area contributed by atoms with Crippen molar-refractivity contribution in [2.24, 2.45) is 0 Å². The van der Waals surface area contributed by atoms with Crippen LogP contribution in [0.1, 0.15) is 0 Å². The number of hydrogen-bond donors (Lipinski definition) is 2. The fourth-order valence-corrected chi connectivity index (χ4v) is 0.664. The summed E-state index contributed by atoms with van der Waals surface area (Å²) < 4.78 is 12.2. The molecule has 0 aliphatic rings. The van der Waals surface area contributed by atoms with Crippen molar-refractivity contribution < 1.29 is 4.39 Å². The van der Waals surface area contributed by atoms with Gasteiger partial charge in [-0.05, 0) is 18.2 Å². The second kappa shape index (κ2) is 3.68. The Kier molecular flexibility index (Phi) is 3.53. The average molecular weight is 180 g/mol. The Bertz CT molecular complexity index is 229. The van der Waals surface area contributed by atoms with Crippen LogP contribution in [0.15, 0.2) is 23.1 Å². The van der Waals surface area contributed by atoms with Crippen molar-refractivity contribution in [3.8, 4) is 0 Å². The standard InChI is InChI=1S/C6H6FNS.ClH/c7-4-1-2-6(9)5(8)3-4;/h1-3,9H,8H2;1H. The Labute approximate surface area is 70.2 Å². The number of benzene rings is 1. The van der Waals surface area contributed by atoms with Gasteiger partial charge >= 0.3 is 0 Å². The van der Waals surface area contributed by atoms with E-state index in [2.05, 4.69) is 12.6 Å². The number of anilines is 1. The highest BCUT2D eigenvalue weighted by molar-refractivity contribution is 7.80. The summed E-state index contributed by atoms with van der Waals surface area (Å²) >= 11 is 3.95. The number of halogens is 2. The van der Waals surface area contributed by atoms with Crippen molar-refractivity contribution in [2.75, 3.05) is 5.73 Å². The third kappa shape index (κ3) is 2.08. The summed E-state index contributed by atoms with van der Waals surface area (Å²) in [5.41, 5.74) is 5.68. The lowest BCUT2D eigenvalue weighted by Crippen LogP contribution is -1.86. The normalized spacial score (nSPS) is 8.60. The van der Waals surface area contributed by atoms with Crippen LogP contribution in [0.2, 0.25) is 0 Å². The fraction of sp³-hybridized carbons (Fsp3) is 0. The first-order chi connectivity index (χ1) is 4.20. The molecular formula is C6H7ClFNS. The highest BCUT2D eigenvalue weighted by Gasteiger charge is 1.93. The van der Waals surface area contributed by atoms with Crippen molar-refractivity contribution in [2.45, 2.75) is 4.90 Å². The Morgan fingerprint density at radius 3 is 2.40 bits per heavy atom. The number of nitrogen functional groups attached to an aromatic ring is 1. The molecule has 1 rings (SSSR count). The van der Waals surface area contributed by atoms with Crippen LogP contribution < -0.4 is 5.73 Å². The highest BCUT2D eigenvalue weighted by atomic mass is 35.5. The molecule has 0 aromatic heterocycles. The Hall–Kier alpha value is -0.410. The molecule has 1 aromatic carbocycles. The van der Waals surface area contributed by atoms with E-state index in [1.807, 2.05) is 0 Å². The van der Waals surface area contributed by atoms with Crippen molar-refractivity contribution >= 4 is 30.7 Å². The summed E-state index contributed by atoms with van der Waals surface area (Å²) in [6, 6.07) is 4.08. The maximum absolute atomic E-state index is 12.2. The molecule has 0 heterocycles. The second-order valence-electron chi connectivity index (χ2n) is 1.70. The number of hydrogen-bond acceptors (Lipinski definition) is 2. The largest absolute Gasteiger partial charge is 0.398 e. The second-order valence-corrected chi connectivity index (χ2v) is 2.18. The van der Waals surface area contributed by atoms with Crippen molar-refractivity contribution in [1.82, 2.24) is 0 Å². The molecule has 2 N–H and O–H groups in total. The predicted octanol–water partition coefficient (Wildman–Crippen LogP) is 2.12. The van der Waals surface area contributed by atoms with Crippen molar-refractivity contribution in [3.05, 3.63) is 24.0 Å². The van der Waals surface area contributed by atoms with Gasteiger partial charge in [-0.2, -0.15) is 0 Å². The van der Waals surface area contributed by atoms with Gasteiger partial charge in [-0.25, -0.2) is 4.39 Å². The Morgan fingerprint density at radius 1 is 1.40 bits per heavy atom. The number of rotatable bonds is 0. The van der Waals surface area contributed by atoms with Crippen molar-refractivity contribution in [3.63, 3.8) is 0 Å². The van der Waals surface area contributed by atoms with Crippen LogP contribution in [0.4, 0.5) is 10.1 Å². The molecule has 0 atom stereocenters. The molecule has 1 nitrogen and oxygen atoms in total. The van der Waals surface area contributed by atoms with E-state index in [4.69, 9.17) is 5.73 Å². The fourth-order valence-electron chi connectivity index (χ4n) is 0.525. The molecule has 0 bridgehead atoms. The topological polar surface area (TPSA) is 26.0 Å². The molecule has 0 radical (unpaired) electrons. The van der Waals surface area contributed by atoms with Gasteiger partial charge in [0.25, 0.3) is 0 Å². The quantitative estimate of drug-likeness (QED) is 0.463. The molecule has 0 saturated carbocycles. The van der Waals surface area contributed by atoms with Crippen LogP contribution >= 0.6 is 25.0 Å². The van der Waals surface area contributed by atoms with Crippen molar-refractivity contribution in [1.29, 1.82) is 0 Å². The number of thiol groups is 1. The van der Waals surface area contributed by atoms with E-state index in [0.29, 0.717) is 10.6 Å². The van der Waals surface area contributed by atoms with E-state index in [9.17, 15) is 4.39 Å². The van der Waals surface area contributed by atoms with Crippen LogP contribution in [-0.4, -0.2) is 0 Å². The van der Waals surface area contributed by atoms with E-state index in [1.165, 1.54) is 18.2 Å². The molecule has 56 valence electrons. The van der Waals surface area contributed by atoms with Gasteiger partial charge in [0, 0.05) is 10.6 Å². The minimum atomic E-state index is -0.328. The minimum Gasteiger partial charge on any atom is -0.398 e. The number of nitrogens with two attached hydrogens (primary N) is 1. The molecule has 0 unspecified atom stereocenters. The lowest BCUT2D eigenvalue weighted by molar-refractivity contribution is 0.627. The Morgan fingerprint density at radius 2 is 2.00 bits per heavy atom. The monoisotopic (exact) mass is 179 g/mol. The average Bonchev–Trinajstić information content (AvgIpc) is 1.80. The summed E-state index contributed by atoms with van der Waals surface area (Å²) in [4.78, 5) is 0.608. The van der Waals surface area contributed by atoms with E-state index in [0.717, 1.165) is 0 Å². The predicted molar refractivity (Wildman–Crippen MR) is 45.3 cm³/mol. The summed E-state index contributed by atoms with van der Waals surface area (Å²) in [5.74, 6) is -0.328. The molecule has 0 saturated heterocycles. The molecule has 0 aliphatic carbocycles. The van der Waals surface area contributed by atoms with Gasteiger partial charge in [0.2, 0.25) is 0 Å². The summed E-state index contributed by atoms with van der Waals surface area (Å²) in [6.45, 7) is 0. The van der Waals surface area contributed by atoms with Crippen LogP contribution in [0.25, 0.3) is 0 Å². The lowest BCUT2D eigenvalue weighted by atomic mass is 10.3. The first-order valence-corrected chi connectivity index (χ1v) is 2.89. The molecule has 0 aliphatic heterocycles. The van der Waals surface area contributed by atoms with Crippen LogP contribution in [0.5, 0.6) is 0 Å². The van der Waals surface area contributed by atoms with Gasteiger partial charge < -0.3 is 5.73 Å². The molecule has 0 amide bonds. The summed E-state index contributed by atoms with van der Waals surface area (Å²) in [7, 11) is 0. The van der Waals surface area contributed by atoms with E-state index in [1.54, 1.807) is 0 Å². The first kappa shape index (κ1) is 9.59. The SMILES string of the molecule is Cl.Nc1cc(F)ccc1S. The molecule has 0 spiro atoms. The van der Waals surface area contributed by atoms with E-state index >= 15 is 0 Å². The van der Waals surface area contributed by atoms with Crippen LogP contribution in [-0.2, 0) is 0 Å². The molecular weight excluding hydrogens is 173 g/mol. The first-order valence-electron chi connectivity index (χ1n) is 2.44. The van der Waals surface area contributed by atoms with Gasteiger partial charge in [-0.3, -0.25) is 0 Å². The Balaban J connectivity index is 0.000000810. The summed E-state index contributed by atoms with van der Waals surface area (Å²) in [5, 5.41) is 0. The molecule has 0 fully saturated rings. The zero-order valence-electron chi connectivity index (χ0n) is 5.04. The van der Waals surface area contributed by atoms with E-state index in [-0.39, 0.29) is 18.2 Å². The molecule has 10 heavy (non-hydrogen) atoms. The molecule has 4 heteroatoms.